The third kappa shape index (κ3) is 2.19. The summed E-state index contributed by atoms with van der Waals surface area (Å²) in [6, 6.07) is 9.81. The zero-order valence-corrected chi connectivity index (χ0v) is 14.0. The second-order valence-electron chi connectivity index (χ2n) is 6.71. The van der Waals surface area contributed by atoms with Crippen LogP contribution in [0.1, 0.15) is 24.3 Å². The van der Waals surface area contributed by atoms with Crippen molar-refractivity contribution < 1.29 is 0 Å². The number of aromatic nitrogens is 1. The van der Waals surface area contributed by atoms with Crippen LogP contribution in [0.3, 0.4) is 0 Å². The fraction of sp³-hybridized carbons (Fsp3) is 0.421. The maximum absolute atomic E-state index is 4.17. The Bertz CT molecular complexity index is 731. The topological polar surface area (TPSA) is 28.2 Å². The van der Waals surface area contributed by atoms with Crippen molar-refractivity contribution in [3.8, 4) is 11.1 Å². The molecule has 2 atom stereocenters. The fourth-order valence-corrected chi connectivity index (χ4v) is 5.51. The Hall–Kier alpha value is -1.52. The smallest absolute Gasteiger partial charge is 0.0544 e. The number of nitrogens with one attached hydrogen (secondary N) is 1. The minimum absolute atomic E-state index is 0.651. The van der Waals surface area contributed by atoms with Crippen LogP contribution in [0.5, 0.6) is 0 Å². The SMILES string of the molecule is c1cc(-c2cc3c4c(c2)[C@H]2CNCC[C@H]2N4CCCS3)ccn1. The average Bonchev–Trinajstić information content (AvgIpc) is 2.77. The summed E-state index contributed by atoms with van der Waals surface area (Å²) in [5, 5.41) is 3.61. The van der Waals surface area contributed by atoms with Crippen LogP contribution in [0, 0.1) is 0 Å². The van der Waals surface area contributed by atoms with Crippen LogP contribution in [-0.4, -0.2) is 36.4 Å². The van der Waals surface area contributed by atoms with Crippen LogP contribution in [0.15, 0.2) is 41.6 Å². The maximum Gasteiger partial charge on any atom is 0.0544 e. The van der Waals surface area contributed by atoms with Gasteiger partial charge in [-0.25, -0.2) is 0 Å². The average molecular weight is 323 g/mol. The van der Waals surface area contributed by atoms with Gasteiger partial charge in [-0.05, 0) is 66.1 Å². The summed E-state index contributed by atoms with van der Waals surface area (Å²) in [7, 11) is 0. The van der Waals surface area contributed by atoms with E-state index in [0.29, 0.717) is 12.0 Å². The molecule has 1 aromatic heterocycles. The molecule has 4 heteroatoms. The third-order valence-corrected chi connectivity index (χ3v) is 6.57. The summed E-state index contributed by atoms with van der Waals surface area (Å²) in [6.07, 6.45) is 6.35. The van der Waals surface area contributed by atoms with Crippen molar-refractivity contribution >= 4 is 17.4 Å². The lowest BCUT2D eigenvalue weighted by Crippen LogP contribution is -2.44. The quantitative estimate of drug-likeness (QED) is 0.869. The lowest BCUT2D eigenvalue weighted by molar-refractivity contribution is 0.403. The predicted molar refractivity (Wildman–Crippen MR) is 96.4 cm³/mol. The van der Waals surface area contributed by atoms with E-state index in [1.807, 2.05) is 24.2 Å². The first-order valence-electron chi connectivity index (χ1n) is 8.60. The summed E-state index contributed by atoms with van der Waals surface area (Å²) >= 11 is 2.04. The normalized spacial score (nSPS) is 25.7. The van der Waals surface area contributed by atoms with E-state index in [1.165, 1.54) is 41.2 Å². The minimum Gasteiger partial charge on any atom is -0.367 e. The number of anilines is 1. The van der Waals surface area contributed by atoms with Crippen molar-refractivity contribution in [2.45, 2.75) is 29.7 Å². The van der Waals surface area contributed by atoms with Crippen LogP contribution < -0.4 is 10.2 Å². The van der Waals surface area contributed by atoms with Gasteiger partial charge in [0, 0.05) is 42.3 Å². The number of pyridine rings is 1. The highest BCUT2D eigenvalue weighted by molar-refractivity contribution is 7.99. The largest absolute Gasteiger partial charge is 0.367 e. The van der Waals surface area contributed by atoms with Gasteiger partial charge in [0.15, 0.2) is 0 Å². The van der Waals surface area contributed by atoms with E-state index in [0.717, 1.165) is 13.1 Å². The number of rotatable bonds is 1. The Morgan fingerprint density at radius 1 is 1.17 bits per heavy atom. The molecule has 0 saturated carbocycles. The Kier molecular flexibility index (Phi) is 3.34. The van der Waals surface area contributed by atoms with Gasteiger partial charge in [0.2, 0.25) is 0 Å². The van der Waals surface area contributed by atoms with Gasteiger partial charge < -0.3 is 10.2 Å². The molecule has 5 rings (SSSR count). The molecule has 1 saturated heterocycles. The number of fused-ring (bicyclic) bond motifs is 3. The Morgan fingerprint density at radius 2 is 2.09 bits per heavy atom. The van der Waals surface area contributed by atoms with E-state index in [-0.39, 0.29) is 0 Å². The van der Waals surface area contributed by atoms with Crippen molar-refractivity contribution in [1.82, 2.24) is 10.3 Å². The van der Waals surface area contributed by atoms with Crippen LogP contribution in [0.4, 0.5) is 5.69 Å². The molecule has 3 aliphatic heterocycles. The van der Waals surface area contributed by atoms with Gasteiger partial charge in [0.05, 0.1) is 5.69 Å². The van der Waals surface area contributed by atoms with Crippen molar-refractivity contribution in [2.75, 3.05) is 30.3 Å². The minimum atomic E-state index is 0.651. The number of hydrogen-bond donors (Lipinski definition) is 1. The van der Waals surface area contributed by atoms with Gasteiger partial charge >= 0.3 is 0 Å². The first kappa shape index (κ1) is 13.9. The second-order valence-corrected chi connectivity index (χ2v) is 7.85. The van der Waals surface area contributed by atoms with E-state index in [2.05, 4.69) is 39.5 Å². The number of benzene rings is 1. The van der Waals surface area contributed by atoms with Crippen molar-refractivity contribution in [2.24, 2.45) is 0 Å². The first-order chi connectivity index (χ1) is 11.4. The van der Waals surface area contributed by atoms with Crippen LogP contribution in [0.25, 0.3) is 11.1 Å². The first-order valence-corrected chi connectivity index (χ1v) is 9.59. The van der Waals surface area contributed by atoms with E-state index < -0.39 is 0 Å². The highest BCUT2D eigenvalue weighted by atomic mass is 32.2. The van der Waals surface area contributed by atoms with Crippen molar-refractivity contribution in [1.29, 1.82) is 0 Å². The zero-order valence-electron chi connectivity index (χ0n) is 13.2. The molecule has 1 aromatic carbocycles. The van der Waals surface area contributed by atoms with Gasteiger partial charge in [0.25, 0.3) is 0 Å². The summed E-state index contributed by atoms with van der Waals surface area (Å²) in [5.74, 6) is 1.89. The van der Waals surface area contributed by atoms with E-state index in [1.54, 1.807) is 11.3 Å². The Morgan fingerprint density at radius 3 is 3.00 bits per heavy atom. The summed E-state index contributed by atoms with van der Waals surface area (Å²) in [5.41, 5.74) is 5.74. The Labute approximate surface area is 141 Å². The highest BCUT2D eigenvalue weighted by Crippen LogP contribution is 2.50. The van der Waals surface area contributed by atoms with E-state index in [9.17, 15) is 0 Å². The summed E-state index contributed by atoms with van der Waals surface area (Å²) in [4.78, 5) is 8.38. The summed E-state index contributed by atoms with van der Waals surface area (Å²) in [6.45, 7) is 3.51. The van der Waals surface area contributed by atoms with Crippen LogP contribution >= 0.6 is 11.8 Å². The molecule has 0 bridgehead atoms. The standard InChI is InChI=1S/C19H21N3S/c1-8-22-17-4-7-21-12-16(17)15-10-14(13-2-5-20-6-3-13)11-18(19(15)22)23-9-1/h2-3,5-6,10-11,16-17,21H,1,4,7-9,12H2/t16-,17-/m1/s1. The molecule has 0 amide bonds. The molecular weight excluding hydrogens is 302 g/mol. The lowest BCUT2D eigenvalue weighted by Gasteiger charge is -2.33. The Balaban J connectivity index is 1.69. The van der Waals surface area contributed by atoms with Crippen LogP contribution in [0.2, 0.25) is 0 Å². The second kappa shape index (κ2) is 5.53. The van der Waals surface area contributed by atoms with Gasteiger partial charge in [0.1, 0.15) is 0 Å². The van der Waals surface area contributed by atoms with Gasteiger partial charge in [-0.2, -0.15) is 0 Å². The molecule has 0 spiro atoms. The van der Waals surface area contributed by atoms with Gasteiger partial charge in [-0.3, -0.25) is 4.98 Å². The third-order valence-electron chi connectivity index (χ3n) is 5.45. The molecule has 1 fully saturated rings. The number of piperidine rings is 1. The molecule has 3 aliphatic rings. The monoisotopic (exact) mass is 323 g/mol. The molecule has 0 radical (unpaired) electrons. The fourth-order valence-electron chi connectivity index (χ4n) is 4.44. The molecule has 118 valence electrons. The highest BCUT2D eigenvalue weighted by Gasteiger charge is 2.41. The van der Waals surface area contributed by atoms with Gasteiger partial charge in [-0.1, -0.05) is 0 Å². The molecule has 3 nitrogen and oxygen atoms in total. The summed E-state index contributed by atoms with van der Waals surface area (Å²) < 4.78 is 0. The molecule has 4 heterocycles. The van der Waals surface area contributed by atoms with Crippen molar-refractivity contribution in [3.63, 3.8) is 0 Å². The number of hydrogen-bond acceptors (Lipinski definition) is 4. The molecule has 2 aromatic rings. The molecule has 1 N–H and O–H groups in total. The van der Waals surface area contributed by atoms with Crippen molar-refractivity contribution in [3.05, 3.63) is 42.2 Å². The van der Waals surface area contributed by atoms with E-state index >= 15 is 0 Å². The number of nitrogens with zero attached hydrogens (tertiary/aromatic N) is 2. The lowest BCUT2D eigenvalue weighted by atomic mass is 9.89. The molecule has 0 unspecified atom stereocenters. The number of thioether (sulfide) groups is 1. The van der Waals surface area contributed by atoms with E-state index in [4.69, 9.17) is 0 Å². The maximum atomic E-state index is 4.17. The van der Waals surface area contributed by atoms with Crippen LogP contribution in [-0.2, 0) is 0 Å². The molecular formula is C19H21N3S. The van der Waals surface area contributed by atoms with Gasteiger partial charge in [-0.15, -0.1) is 11.8 Å². The molecule has 0 aliphatic carbocycles. The zero-order chi connectivity index (χ0) is 15.2. The predicted octanol–water partition coefficient (Wildman–Crippen LogP) is 3.51. The molecule has 23 heavy (non-hydrogen) atoms.